The zero-order chi connectivity index (χ0) is 13.7. The van der Waals surface area contributed by atoms with Gasteiger partial charge in [-0.05, 0) is 25.5 Å². The molecule has 0 saturated carbocycles. The van der Waals surface area contributed by atoms with E-state index >= 15 is 0 Å². The molecular formula is C12H12F2N2O2. The van der Waals surface area contributed by atoms with Crippen molar-refractivity contribution in [2.45, 2.75) is 26.7 Å². The molecule has 1 aromatic rings. The van der Waals surface area contributed by atoms with Gasteiger partial charge in [0.05, 0.1) is 13.0 Å². The van der Waals surface area contributed by atoms with Crippen LogP contribution >= 0.6 is 0 Å². The highest BCUT2D eigenvalue weighted by Crippen LogP contribution is 2.26. The van der Waals surface area contributed by atoms with E-state index in [0.717, 1.165) is 6.07 Å². The SMILES string of the molecule is CCOC(=O)Cc1c(C(F)F)cc(C#N)nc1C. The van der Waals surface area contributed by atoms with Crippen molar-refractivity contribution in [3.63, 3.8) is 0 Å². The second kappa shape index (κ2) is 6.05. The van der Waals surface area contributed by atoms with Gasteiger partial charge in [0.25, 0.3) is 6.43 Å². The number of nitriles is 1. The number of aromatic nitrogens is 1. The largest absolute Gasteiger partial charge is 0.466 e. The summed E-state index contributed by atoms with van der Waals surface area (Å²) in [6.07, 6.45) is -3.03. The van der Waals surface area contributed by atoms with Gasteiger partial charge in [-0.15, -0.1) is 0 Å². The molecule has 0 unspecified atom stereocenters. The van der Waals surface area contributed by atoms with Crippen LogP contribution in [-0.2, 0) is 16.0 Å². The lowest BCUT2D eigenvalue weighted by Gasteiger charge is -2.11. The Morgan fingerprint density at radius 1 is 1.61 bits per heavy atom. The van der Waals surface area contributed by atoms with Crippen LogP contribution in [0.15, 0.2) is 6.07 Å². The van der Waals surface area contributed by atoms with Gasteiger partial charge in [-0.2, -0.15) is 5.26 Å². The highest BCUT2D eigenvalue weighted by molar-refractivity contribution is 5.73. The number of halogens is 2. The van der Waals surface area contributed by atoms with Crippen LogP contribution in [0.5, 0.6) is 0 Å². The van der Waals surface area contributed by atoms with Crippen LogP contribution in [-0.4, -0.2) is 17.6 Å². The summed E-state index contributed by atoms with van der Waals surface area (Å²) in [6, 6.07) is 2.71. The number of hydrogen-bond donors (Lipinski definition) is 0. The Bertz CT molecular complexity index is 496. The van der Waals surface area contributed by atoms with Gasteiger partial charge in [-0.1, -0.05) is 0 Å². The topological polar surface area (TPSA) is 63.0 Å². The van der Waals surface area contributed by atoms with E-state index in [0.29, 0.717) is 0 Å². The minimum absolute atomic E-state index is 0.0876. The van der Waals surface area contributed by atoms with Crippen LogP contribution in [0, 0.1) is 18.3 Å². The summed E-state index contributed by atoms with van der Waals surface area (Å²) < 4.78 is 30.5. The van der Waals surface area contributed by atoms with Gasteiger partial charge in [0.1, 0.15) is 11.8 Å². The lowest BCUT2D eigenvalue weighted by molar-refractivity contribution is -0.142. The molecule has 1 aromatic heterocycles. The molecule has 96 valence electrons. The molecule has 0 atom stereocenters. The summed E-state index contributed by atoms with van der Waals surface area (Å²) >= 11 is 0. The molecule has 0 aliphatic rings. The van der Waals surface area contributed by atoms with Gasteiger partial charge in [-0.3, -0.25) is 4.79 Å². The van der Waals surface area contributed by atoms with Gasteiger partial charge in [0, 0.05) is 11.3 Å². The number of aryl methyl sites for hydroxylation is 1. The second-order valence-electron chi connectivity index (χ2n) is 3.55. The van der Waals surface area contributed by atoms with Crippen LogP contribution in [0.4, 0.5) is 8.78 Å². The summed E-state index contributed by atoms with van der Waals surface area (Å²) in [4.78, 5) is 15.2. The van der Waals surface area contributed by atoms with Crippen LogP contribution in [0.25, 0.3) is 0 Å². The van der Waals surface area contributed by atoms with Crippen molar-refractivity contribution in [1.29, 1.82) is 5.26 Å². The van der Waals surface area contributed by atoms with Crippen molar-refractivity contribution in [2.75, 3.05) is 6.61 Å². The predicted molar refractivity (Wildman–Crippen MR) is 59.0 cm³/mol. The predicted octanol–water partition coefficient (Wildman–Crippen LogP) is 2.30. The maximum absolute atomic E-state index is 12.9. The molecule has 1 rings (SSSR count). The van der Waals surface area contributed by atoms with Gasteiger partial charge in [0.15, 0.2) is 0 Å². The summed E-state index contributed by atoms with van der Waals surface area (Å²) in [5, 5.41) is 8.68. The molecule has 0 bridgehead atoms. The van der Waals surface area contributed by atoms with E-state index in [4.69, 9.17) is 10.00 Å². The normalized spacial score (nSPS) is 10.2. The van der Waals surface area contributed by atoms with Crippen molar-refractivity contribution in [3.8, 4) is 6.07 Å². The van der Waals surface area contributed by atoms with Crippen LogP contribution in [0.3, 0.4) is 0 Å². The van der Waals surface area contributed by atoms with Crippen molar-refractivity contribution >= 4 is 5.97 Å². The van der Waals surface area contributed by atoms with E-state index in [2.05, 4.69) is 4.98 Å². The Labute approximate surface area is 103 Å². The number of carbonyl (C=O) groups excluding carboxylic acids is 1. The third kappa shape index (κ3) is 3.23. The number of pyridine rings is 1. The third-order valence-corrected chi connectivity index (χ3v) is 2.34. The van der Waals surface area contributed by atoms with Crippen LogP contribution in [0.2, 0.25) is 0 Å². The molecule has 0 amide bonds. The number of esters is 1. The summed E-state index contributed by atoms with van der Waals surface area (Å²) in [6.45, 7) is 3.31. The van der Waals surface area contributed by atoms with Crippen molar-refractivity contribution in [3.05, 3.63) is 28.6 Å². The lowest BCUT2D eigenvalue weighted by Crippen LogP contribution is -2.12. The molecule has 0 spiro atoms. The van der Waals surface area contributed by atoms with E-state index < -0.39 is 12.4 Å². The van der Waals surface area contributed by atoms with Gasteiger partial charge in [0.2, 0.25) is 0 Å². The summed E-state index contributed by atoms with van der Waals surface area (Å²) in [5.41, 5.74) is -0.0534. The highest BCUT2D eigenvalue weighted by Gasteiger charge is 2.20. The smallest absolute Gasteiger partial charge is 0.310 e. The van der Waals surface area contributed by atoms with Crippen LogP contribution in [0.1, 0.15) is 35.9 Å². The van der Waals surface area contributed by atoms with E-state index in [1.165, 1.54) is 6.92 Å². The molecule has 4 nitrogen and oxygen atoms in total. The van der Waals surface area contributed by atoms with Gasteiger partial charge in [-0.25, -0.2) is 13.8 Å². The molecule has 0 saturated heterocycles. The number of ether oxygens (including phenoxy) is 1. The quantitative estimate of drug-likeness (QED) is 0.773. The first-order valence-electron chi connectivity index (χ1n) is 5.33. The molecule has 0 N–H and O–H groups in total. The molecule has 0 aliphatic carbocycles. The zero-order valence-corrected chi connectivity index (χ0v) is 10.0. The first kappa shape index (κ1) is 14.0. The molecule has 6 heteroatoms. The monoisotopic (exact) mass is 254 g/mol. The fourth-order valence-corrected chi connectivity index (χ4v) is 1.56. The third-order valence-electron chi connectivity index (χ3n) is 2.34. The molecule has 0 radical (unpaired) electrons. The fourth-order valence-electron chi connectivity index (χ4n) is 1.56. The Hall–Kier alpha value is -2.03. The zero-order valence-electron chi connectivity index (χ0n) is 10.0. The summed E-state index contributed by atoms with van der Waals surface area (Å²) in [5.74, 6) is -0.589. The standard InChI is InChI=1S/C12H12F2N2O2/c1-3-18-11(17)5-9-7(2)16-8(6-15)4-10(9)12(13)14/h4,12H,3,5H2,1-2H3. The molecular weight excluding hydrogens is 242 g/mol. The Morgan fingerprint density at radius 3 is 2.78 bits per heavy atom. The maximum atomic E-state index is 12.9. The lowest BCUT2D eigenvalue weighted by atomic mass is 10.0. The number of nitrogens with zero attached hydrogens (tertiary/aromatic N) is 2. The minimum atomic E-state index is -2.76. The first-order chi connectivity index (χ1) is 8.49. The van der Waals surface area contributed by atoms with Crippen LogP contribution < -0.4 is 0 Å². The first-order valence-corrected chi connectivity index (χ1v) is 5.33. The van der Waals surface area contributed by atoms with E-state index in [1.807, 2.05) is 0 Å². The van der Waals surface area contributed by atoms with Gasteiger partial charge >= 0.3 is 5.97 Å². The second-order valence-corrected chi connectivity index (χ2v) is 3.55. The number of rotatable bonds is 4. The Morgan fingerprint density at radius 2 is 2.28 bits per heavy atom. The van der Waals surface area contributed by atoms with E-state index in [9.17, 15) is 13.6 Å². The van der Waals surface area contributed by atoms with Crippen molar-refractivity contribution in [1.82, 2.24) is 4.98 Å². The van der Waals surface area contributed by atoms with Crippen molar-refractivity contribution in [2.24, 2.45) is 0 Å². The minimum Gasteiger partial charge on any atom is -0.466 e. The molecule has 0 fully saturated rings. The molecule has 18 heavy (non-hydrogen) atoms. The average molecular weight is 254 g/mol. The summed E-state index contributed by atoms with van der Waals surface area (Å²) in [7, 11) is 0. The van der Waals surface area contributed by atoms with Crippen molar-refractivity contribution < 1.29 is 18.3 Å². The van der Waals surface area contributed by atoms with E-state index in [1.54, 1.807) is 13.0 Å². The Balaban J connectivity index is 3.17. The fraction of sp³-hybridized carbons (Fsp3) is 0.417. The Kier molecular flexibility index (Phi) is 4.72. The molecule has 0 aliphatic heterocycles. The number of carbonyl (C=O) groups is 1. The highest BCUT2D eigenvalue weighted by atomic mass is 19.3. The van der Waals surface area contributed by atoms with E-state index in [-0.39, 0.29) is 35.5 Å². The number of hydrogen-bond acceptors (Lipinski definition) is 4. The molecule has 0 aromatic carbocycles. The molecule has 1 heterocycles. The average Bonchev–Trinajstić information content (AvgIpc) is 2.31. The maximum Gasteiger partial charge on any atom is 0.310 e. The number of alkyl halides is 2. The van der Waals surface area contributed by atoms with Gasteiger partial charge < -0.3 is 4.74 Å².